The molecule has 1 aliphatic rings. The minimum absolute atomic E-state index is 0.00707. The highest BCUT2D eigenvalue weighted by Gasteiger charge is 2.32. The van der Waals surface area contributed by atoms with Crippen molar-refractivity contribution in [3.05, 3.63) is 0 Å². The lowest BCUT2D eigenvalue weighted by Crippen LogP contribution is -2.41. The summed E-state index contributed by atoms with van der Waals surface area (Å²) in [6.45, 7) is 11.1. The lowest BCUT2D eigenvalue weighted by Gasteiger charge is -2.25. The SMILES string of the molecule is CC(C)(C)OC(=O)CC1CCCC1NC(=O)OC(C)(C)C. The number of esters is 1. The van der Waals surface area contributed by atoms with Gasteiger partial charge in [0.1, 0.15) is 11.2 Å². The molecule has 21 heavy (non-hydrogen) atoms. The van der Waals surface area contributed by atoms with Gasteiger partial charge in [-0.15, -0.1) is 0 Å². The Morgan fingerprint density at radius 1 is 1.00 bits per heavy atom. The molecule has 0 radical (unpaired) electrons. The van der Waals surface area contributed by atoms with Gasteiger partial charge in [0.2, 0.25) is 0 Å². The van der Waals surface area contributed by atoms with Gasteiger partial charge < -0.3 is 14.8 Å². The van der Waals surface area contributed by atoms with Crippen molar-refractivity contribution in [2.24, 2.45) is 5.92 Å². The molecule has 1 saturated carbocycles. The summed E-state index contributed by atoms with van der Waals surface area (Å²) in [4.78, 5) is 23.7. The number of rotatable bonds is 3. The van der Waals surface area contributed by atoms with Crippen molar-refractivity contribution >= 4 is 12.1 Å². The summed E-state index contributed by atoms with van der Waals surface area (Å²) in [7, 11) is 0. The van der Waals surface area contributed by atoms with Crippen LogP contribution in [0.1, 0.15) is 67.2 Å². The maximum absolute atomic E-state index is 11.9. The van der Waals surface area contributed by atoms with Crippen LogP contribution >= 0.6 is 0 Å². The topological polar surface area (TPSA) is 64.6 Å². The van der Waals surface area contributed by atoms with Crippen LogP contribution in [-0.4, -0.2) is 29.3 Å². The predicted octanol–water partition coefficient (Wildman–Crippen LogP) is 3.41. The second kappa shape index (κ2) is 6.67. The first-order chi connectivity index (χ1) is 9.46. The summed E-state index contributed by atoms with van der Waals surface area (Å²) >= 11 is 0. The normalized spacial score (nSPS) is 22.8. The number of amides is 1. The van der Waals surface area contributed by atoms with Crippen molar-refractivity contribution in [2.75, 3.05) is 0 Å². The Morgan fingerprint density at radius 2 is 1.57 bits per heavy atom. The molecule has 1 rings (SSSR count). The van der Waals surface area contributed by atoms with Crippen LogP contribution < -0.4 is 5.32 Å². The van der Waals surface area contributed by atoms with E-state index in [0.717, 1.165) is 19.3 Å². The molecule has 0 aromatic rings. The molecule has 1 aliphatic carbocycles. The van der Waals surface area contributed by atoms with Gasteiger partial charge in [0, 0.05) is 6.04 Å². The van der Waals surface area contributed by atoms with Gasteiger partial charge in [0.05, 0.1) is 6.42 Å². The van der Waals surface area contributed by atoms with Gasteiger partial charge in [-0.25, -0.2) is 4.79 Å². The second-order valence-corrected chi connectivity index (χ2v) is 7.73. The van der Waals surface area contributed by atoms with Crippen LogP contribution in [0.2, 0.25) is 0 Å². The Kier molecular flexibility index (Phi) is 5.65. The van der Waals surface area contributed by atoms with Crippen LogP contribution in [0, 0.1) is 5.92 Å². The molecular weight excluding hydrogens is 270 g/mol. The standard InChI is InChI=1S/C16H29NO4/c1-15(2,3)20-13(18)10-11-8-7-9-12(11)17-14(19)21-16(4,5)6/h11-12H,7-10H2,1-6H3,(H,17,19). The summed E-state index contributed by atoms with van der Waals surface area (Å²) in [6.07, 6.45) is 2.75. The van der Waals surface area contributed by atoms with E-state index in [9.17, 15) is 9.59 Å². The number of nitrogens with one attached hydrogen (secondary N) is 1. The largest absolute Gasteiger partial charge is 0.460 e. The first kappa shape index (κ1) is 17.8. The smallest absolute Gasteiger partial charge is 0.407 e. The molecule has 0 bridgehead atoms. The van der Waals surface area contributed by atoms with E-state index < -0.39 is 17.3 Å². The Bertz CT molecular complexity index is 343. The van der Waals surface area contributed by atoms with Crippen molar-refractivity contribution in [3.8, 4) is 0 Å². The molecule has 0 saturated heterocycles. The molecule has 0 aromatic heterocycles. The number of carbonyl (C=O) groups excluding carboxylic acids is 2. The van der Waals surface area contributed by atoms with E-state index in [1.807, 2.05) is 41.5 Å². The van der Waals surface area contributed by atoms with Gasteiger partial charge in [-0.05, 0) is 60.3 Å². The van der Waals surface area contributed by atoms with Crippen LogP contribution in [0.3, 0.4) is 0 Å². The molecule has 2 unspecified atom stereocenters. The van der Waals surface area contributed by atoms with Crippen LogP contribution in [-0.2, 0) is 14.3 Å². The molecule has 0 heterocycles. The maximum Gasteiger partial charge on any atom is 0.407 e. The molecule has 5 nitrogen and oxygen atoms in total. The van der Waals surface area contributed by atoms with Gasteiger partial charge in [-0.1, -0.05) is 6.42 Å². The quantitative estimate of drug-likeness (QED) is 0.811. The predicted molar refractivity (Wildman–Crippen MR) is 81.0 cm³/mol. The summed E-state index contributed by atoms with van der Waals surface area (Å²) < 4.78 is 10.6. The van der Waals surface area contributed by atoms with Crippen molar-refractivity contribution in [3.63, 3.8) is 0 Å². The number of hydrogen-bond donors (Lipinski definition) is 1. The summed E-state index contributed by atoms with van der Waals surface area (Å²) in [5.74, 6) is -0.0715. The zero-order chi connectivity index (χ0) is 16.3. The number of alkyl carbamates (subject to hydrolysis) is 1. The van der Waals surface area contributed by atoms with E-state index in [4.69, 9.17) is 9.47 Å². The number of carbonyl (C=O) groups is 2. The Labute approximate surface area is 127 Å². The zero-order valence-electron chi connectivity index (χ0n) is 14.1. The van der Waals surface area contributed by atoms with Gasteiger partial charge in [0.25, 0.3) is 0 Å². The molecule has 0 aromatic carbocycles. The summed E-state index contributed by atoms with van der Waals surface area (Å²) in [6, 6.07) is -0.00707. The first-order valence-corrected chi connectivity index (χ1v) is 7.68. The lowest BCUT2D eigenvalue weighted by atomic mass is 9.99. The molecule has 2 atom stereocenters. The Hall–Kier alpha value is -1.26. The van der Waals surface area contributed by atoms with Gasteiger partial charge in [-0.2, -0.15) is 0 Å². The Morgan fingerprint density at radius 3 is 2.10 bits per heavy atom. The highest BCUT2D eigenvalue weighted by molar-refractivity contribution is 5.71. The fourth-order valence-electron chi connectivity index (χ4n) is 2.53. The molecule has 1 N–H and O–H groups in total. The van der Waals surface area contributed by atoms with Gasteiger partial charge in [0.15, 0.2) is 0 Å². The molecule has 1 amide bonds. The third-order valence-electron chi connectivity index (χ3n) is 3.21. The van der Waals surface area contributed by atoms with E-state index >= 15 is 0 Å². The van der Waals surface area contributed by atoms with Crippen molar-refractivity contribution < 1.29 is 19.1 Å². The molecule has 0 spiro atoms. The first-order valence-electron chi connectivity index (χ1n) is 7.68. The minimum Gasteiger partial charge on any atom is -0.460 e. The second-order valence-electron chi connectivity index (χ2n) is 7.73. The maximum atomic E-state index is 11.9. The van der Waals surface area contributed by atoms with E-state index in [2.05, 4.69) is 5.32 Å². The monoisotopic (exact) mass is 299 g/mol. The van der Waals surface area contributed by atoms with Crippen LogP contribution in [0.15, 0.2) is 0 Å². The fourth-order valence-corrected chi connectivity index (χ4v) is 2.53. The number of ether oxygens (including phenoxy) is 2. The minimum atomic E-state index is -0.511. The molecule has 0 aliphatic heterocycles. The summed E-state index contributed by atoms with van der Waals surface area (Å²) in [5, 5.41) is 2.88. The van der Waals surface area contributed by atoms with Crippen LogP contribution in [0.4, 0.5) is 4.79 Å². The zero-order valence-corrected chi connectivity index (χ0v) is 14.1. The van der Waals surface area contributed by atoms with Gasteiger partial charge in [-0.3, -0.25) is 4.79 Å². The fraction of sp³-hybridized carbons (Fsp3) is 0.875. The Balaban J connectivity index is 2.48. The molecule has 1 fully saturated rings. The summed E-state index contributed by atoms with van der Waals surface area (Å²) in [5.41, 5.74) is -0.979. The van der Waals surface area contributed by atoms with Crippen LogP contribution in [0.5, 0.6) is 0 Å². The molecule has 5 heteroatoms. The van der Waals surface area contributed by atoms with Crippen molar-refractivity contribution in [2.45, 2.75) is 84.5 Å². The average Bonchev–Trinajstić information content (AvgIpc) is 2.59. The lowest BCUT2D eigenvalue weighted by molar-refractivity contribution is -0.156. The van der Waals surface area contributed by atoms with Crippen molar-refractivity contribution in [1.82, 2.24) is 5.32 Å². The van der Waals surface area contributed by atoms with E-state index in [1.165, 1.54) is 0 Å². The number of hydrogen-bond acceptors (Lipinski definition) is 4. The van der Waals surface area contributed by atoms with Gasteiger partial charge >= 0.3 is 12.1 Å². The van der Waals surface area contributed by atoms with Crippen LogP contribution in [0.25, 0.3) is 0 Å². The highest BCUT2D eigenvalue weighted by atomic mass is 16.6. The van der Waals surface area contributed by atoms with E-state index in [0.29, 0.717) is 6.42 Å². The van der Waals surface area contributed by atoms with E-state index in [1.54, 1.807) is 0 Å². The third-order valence-corrected chi connectivity index (χ3v) is 3.21. The molecular formula is C16H29NO4. The average molecular weight is 299 g/mol. The van der Waals surface area contributed by atoms with Crippen molar-refractivity contribution in [1.29, 1.82) is 0 Å². The third kappa shape index (κ3) is 7.34. The van der Waals surface area contributed by atoms with E-state index in [-0.39, 0.29) is 17.9 Å². The highest BCUT2D eigenvalue weighted by Crippen LogP contribution is 2.29. The molecule has 122 valence electrons.